The van der Waals surface area contributed by atoms with Crippen molar-refractivity contribution in [1.29, 1.82) is 0 Å². The van der Waals surface area contributed by atoms with Gasteiger partial charge in [0.2, 0.25) is 0 Å². The summed E-state index contributed by atoms with van der Waals surface area (Å²) in [4.78, 5) is 23.8. The first-order chi connectivity index (χ1) is 7.92. The number of nitrogens with one attached hydrogen (secondary N) is 1. The van der Waals surface area contributed by atoms with Crippen LogP contribution in [0.1, 0.15) is 33.6 Å². The molecule has 0 aliphatic heterocycles. The number of rotatable bonds is 6. The van der Waals surface area contributed by atoms with Crippen molar-refractivity contribution in [2.45, 2.75) is 45.7 Å². The SMILES string of the molecule is C#CCC(C)NC(=O)N(CC(=O)O)C(C)CC. The Labute approximate surface area is 102 Å². The average molecular weight is 240 g/mol. The van der Waals surface area contributed by atoms with Crippen LogP contribution in [0.3, 0.4) is 0 Å². The lowest BCUT2D eigenvalue weighted by Crippen LogP contribution is -2.49. The first-order valence-corrected chi connectivity index (χ1v) is 5.64. The molecule has 0 aliphatic rings. The molecule has 2 unspecified atom stereocenters. The van der Waals surface area contributed by atoms with Gasteiger partial charge in [-0.1, -0.05) is 6.92 Å². The minimum atomic E-state index is -1.02. The van der Waals surface area contributed by atoms with E-state index in [2.05, 4.69) is 11.2 Å². The number of carboxylic acid groups (broad SMARTS) is 1. The van der Waals surface area contributed by atoms with E-state index in [1.807, 2.05) is 13.8 Å². The Kier molecular flexibility index (Phi) is 6.80. The molecule has 0 heterocycles. The summed E-state index contributed by atoms with van der Waals surface area (Å²) in [5.74, 6) is 1.42. The predicted octanol–water partition coefficient (Wildman–Crippen LogP) is 1.29. The number of hydrogen-bond donors (Lipinski definition) is 2. The van der Waals surface area contributed by atoms with Crippen LogP contribution in [0, 0.1) is 12.3 Å². The molecule has 0 radical (unpaired) electrons. The van der Waals surface area contributed by atoms with Crippen molar-refractivity contribution in [1.82, 2.24) is 10.2 Å². The van der Waals surface area contributed by atoms with Crippen LogP contribution in [0.15, 0.2) is 0 Å². The summed E-state index contributed by atoms with van der Waals surface area (Å²) in [7, 11) is 0. The van der Waals surface area contributed by atoms with Crippen molar-refractivity contribution in [2.75, 3.05) is 6.54 Å². The highest BCUT2D eigenvalue weighted by Crippen LogP contribution is 2.04. The number of hydrogen-bond acceptors (Lipinski definition) is 2. The van der Waals surface area contributed by atoms with Crippen LogP contribution in [-0.2, 0) is 4.79 Å². The first-order valence-electron chi connectivity index (χ1n) is 5.64. The molecule has 17 heavy (non-hydrogen) atoms. The van der Waals surface area contributed by atoms with E-state index < -0.39 is 5.97 Å². The molecule has 0 saturated carbocycles. The zero-order valence-corrected chi connectivity index (χ0v) is 10.6. The van der Waals surface area contributed by atoms with Crippen molar-refractivity contribution < 1.29 is 14.7 Å². The zero-order valence-electron chi connectivity index (χ0n) is 10.6. The molecule has 2 N–H and O–H groups in total. The van der Waals surface area contributed by atoms with E-state index in [4.69, 9.17) is 11.5 Å². The maximum Gasteiger partial charge on any atom is 0.323 e. The number of urea groups is 1. The van der Waals surface area contributed by atoms with Gasteiger partial charge in [-0.3, -0.25) is 4.79 Å². The lowest BCUT2D eigenvalue weighted by atomic mass is 10.2. The van der Waals surface area contributed by atoms with E-state index in [9.17, 15) is 9.59 Å². The van der Waals surface area contributed by atoms with Gasteiger partial charge < -0.3 is 15.3 Å². The number of aliphatic carboxylic acids is 1. The molecular weight excluding hydrogens is 220 g/mol. The first kappa shape index (κ1) is 15.3. The standard InChI is InChI=1S/C12H20N2O3/c1-5-7-9(3)13-12(17)14(8-11(15)16)10(4)6-2/h1,9-10H,6-8H2,2-4H3,(H,13,17)(H,15,16). The number of carbonyl (C=O) groups excluding carboxylic acids is 1. The monoisotopic (exact) mass is 240 g/mol. The molecule has 0 aromatic carbocycles. The van der Waals surface area contributed by atoms with E-state index in [1.165, 1.54) is 4.90 Å². The molecule has 0 bridgehead atoms. The van der Waals surface area contributed by atoms with Gasteiger partial charge in [0.05, 0.1) is 0 Å². The summed E-state index contributed by atoms with van der Waals surface area (Å²) >= 11 is 0. The minimum Gasteiger partial charge on any atom is -0.480 e. The van der Waals surface area contributed by atoms with E-state index in [0.29, 0.717) is 12.8 Å². The van der Waals surface area contributed by atoms with Crippen LogP contribution in [0.5, 0.6) is 0 Å². The molecule has 2 amide bonds. The van der Waals surface area contributed by atoms with Gasteiger partial charge >= 0.3 is 12.0 Å². The molecule has 5 nitrogen and oxygen atoms in total. The maximum atomic E-state index is 11.8. The predicted molar refractivity (Wildman–Crippen MR) is 65.5 cm³/mol. The van der Waals surface area contributed by atoms with Gasteiger partial charge in [-0.25, -0.2) is 4.79 Å². The lowest BCUT2D eigenvalue weighted by Gasteiger charge is -2.28. The van der Waals surface area contributed by atoms with Crippen LogP contribution in [0.2, 0.25) is 0 Å². The van der Waals surface area contributed by atoms with Crippen LogP contribution < -0.4 is 5.32 Å². The van der Waals surface area contributed by atoms with Crippen molar-refractivity contribution in [3.8, 4) is 12.3 Å². The summed E-state index contributed by atoms with van der Waals surface area (Å²) in [5.41, 5.74) is 0. The summed E-state index contributed by atoms with van der Waals surface area (Å²) in [5, 5.41) is 11.4. The summed E-state index contributed by atoms with van der Waals surface area (Å²) in [6, 6.07) is -0.665. The minimum absolute atomic E-state index is 0.121. The Morgan fingerprint density at radius 2 is 2.06 bits per heavy atom. The van der Waals surface area contributed by atoms with Gasteiger partial charge in [0.15, 0.2) is 0 Å². The van der Waals surface area contributed by atoms with E-state index in [0.717, 1.165) is 0 Å². The van der Waals surface area contributed by atoms with Gasteiger partial charge in [-0.05, 0) is 20.3 Å². The Bertz CT molecular complexity index is 309. The smallest absolute Gasteiger partial charge is 0.323 e. The van der Waals surface area contributed by atoms with E-state index >= 15 is 0 Å². The van der Waals surface area contributed by atoms with Crippen molar-refractivity contribution in [2.24, 2.45) is 0 Å². The summed E-state index contributed by atoms with van der Waals surface area (Å²) < 4.78 is 0. The van der Waals surface area contributed by atoms with E-state index in [1.54, 1.807) is 6.92 Å². The third kappa shape index (κ3) is 5.81. The summed E-state index contributed by atoms with van der Waals surface area (Å²) in [6.07, 6.45) is 6.26. The Balaban J connectivity index is 4.53. The zero-order chi connectivity index (χ0) is 13.4. The molecule has 0 fully saturated rings. The number of terminal acetylenes is 1. The second-order valence-electron chi connectivity index (χ2n) is 4.04. The Morgan fingerprint density at radius 3 is 2.47 bits per heavy atom. The van der Waals surface area contributed by atoms with Crippen LogP contribution in [-0.4, -0.2) is 40.6 Å². The number of carboxylic acids is 1. The highest BCUT2D eigenvalue weighted by molar-refractivity contribution is 5.80. The molecule has 0 aromatic rings. The fourth-order valence-corrected chi connectivity index (χ4v) is 1.32. The average Bonchev–Trinajstić information content (AvgIpc) is 2.24. The maximum absolute atomic E-state index is 11.8. The van der Waals surface area contributed by atoms with Crippen molar-refractivity contribution in [3.63, 3.8) is 0 Å². The number of amides is 2. The topological polar surface area (TPSA) is 69.6 Å². The Hall–Kier alpha value is -1.70. The third-order valence-corrected chi connectivity index (χ3v) is 2.48. The number of nitrogens with zero attached hydrogens (tertiary/aromatic N) is 1. The Morgan fingerprint density at radius 1 is 1.47 bits per heavy atom. The second kappa shape index (κ2) is 7.55. The normalized spacial score (nSPS) is 13.3. The fraction of sp³-hybridized carbons (Fsp3) is 0.667. The van der Waals surface area contributed by atoms with Crippen LogP contribution in [0.4, 0.5) is 4.79 Å². The van der Waals surface area contributed by atoms with Gasteiger partial charge in [-0.2, -0.15) is 0 Å². The molecule has 0 aromatic heterocycles. The number of carbonyl (C=O) groups is 2. The third-order valence-electron chi connectivity index (χ3n) is 2.48. The summed E-state index contributed by atoms with van der Waals surface area (Å²) in [6.45, 7) is 5.20. The highest BCUT2D eigenvalue weighted by Gasteiger charge is 2.22. The molecule has 96 valence electrons. The fourth-order valence-electron chi connectivity index (χ4n) is 1.32. The quantitative estimate of drug-likeness (QED) is 0.687. The highest BCUT2D eigenvalue weighted by atomic mass is 16.4. The molecular formula is C12H20N2O3. The van der Waals surface area contributed by atoms with Crippen LogP contribution in [0.25, 0.3) is 0 Å². The molecule has 0 spiro atoms. The largest absolute Gasteiger partial charge is 0.480 e. The second-order valence-corrected chi connectivity index (χ2v) is 4.04. The van der Waals surface area contributed by atoms with Crippen molar-refractivity contribution >= 4 is 12.0 Å². The van der Waals surface area contributed by atoms with E-state index in [-0.39, 0.29) is 24.7 Å². The molecule has 0 rings (SSSR count). The molecule has 0 saturated heterocycles. The van der Waals surface area contributed by atoms with Gasteiger partial charge in [0, 0.05) is 18.5 Å². The van der Waals surface area contributed by atoms with Crippen LogP contribution >= 0.6 is 0 Å². The van der Waals surface area contributed by atoms with Gasteiger partial charge in [0.25, 0.3) is 0 Å². The molecule has 0 aliphatic carbocycles. The van der Waals surface area contributed by atoms with Crippen molar-refractivity contribution in [3.05, 3.63) is 0 Å². The molecule has 5 heteroatoms. The van der Waals surface area contributed by atoms with Gasteiger partial charge in [0.1, 0.15) is 6.54 Å². The lowest BCUT2D eigenvalue weighted by molar-refractivity contribution is -0.138. The van der Waals surface area contributed by atoms with Gasteiger partial charge in [-0.15, -0.1) is 12.3 Å². The molecule has 2 atom stereocenters.